The lowest BCUT2D eigenvalue weighted by Gasteiger charge is -2.28. The zero-order valence-electron chi connectivity index (χ0n) is 12.2. The molecule has 1 amide bonds. The molecule has 1 aliphatic rings. The fourth-order valence-electron chi connectivity index (χ4n) is 3.08. The Hall–Kier alpha value is -1.62. The molecule has 5 heteroatoms. The van der Waals surface area contributed by atoms with Crippen molar-refractivity contribution >= 4 is 34.3 Å². The van der Waals surface area contributed by atoms with Gasteiger partial charge in [-0.25, -0.2) is 0 Å². The number of thioether (sulfide) groups is 1. The SMILES string of the molecule is CSC1CCCC(NC(=O)c2c[nH]c3ccc(N)cc23)C1. The fraction of sp³-hybridized carbons (Fsp3) is 0.438. The van der Waals surface area contributed by atoms with Crippen molar-refractivity contribution in [2.45, 2.75) is 37.0 Å². The lowest BCUT2D eigenvalue weighted by atomic mass is 9.94. The maximum absolute atomic E-state index is 12.5. The molecule has 3 rings (SSSR count). The third kappa shape index (κ3) is 3.02. The van der Waals surface area contributed by atoms with Crippen LogP contribution in [-0.2, 0) is 0 Å². The van der Waals surface area contributed by atoms with Crippen molar-refractivity contribution in [1.82, 2.24) is 10.3 Å². The molecule has 1 aliphatic carbocycles. The molecule has 0 saturated heterocycles. The van der Waals surface area contributed by atoms with Crippen molar-refractivity contribution in [3.63, 3.8) is 0 Å². The maximum atomic E-state index is 12.5. The van der Waals surface area contributed by atoms with E-state index < -0.39 is 0 Å². The van der Waals surface area contributed by atoms with Gasteiger partial charge in [-0.05, 0) is 43.7 Å². The number of fused-ring (bicyclic) bond motifs is 1. The number of anilines is 1. The zero-order valence-corrected chi connectivity index (χ0v) is 13.0. The number of nitrogens with one attached hydrogen (secondary N) is 2. The van der Waals surface area contributed by atoms with Gasteiger partial charge in [0.2, 0.25) is 0 Å². The summed E-state index contributed by atoms with van der Waals surface area (Å²) in [6, 6.07) is 5.89. The molecule has 1 fully saturated rings. The Kier molecular flexibility index (Phi) is 4.10. The van der Waals surface area contributed by atoms with Gasteiger partial charge in [0, 0.05) is 34.1 Å². The first-order valence-electron chi connectivity index (χ1n) is 7.37. The first kappa shape index (κ1) is 14.3. The van der Waals surface area contributed by atoms with Gasteiger partial charge in [-0.1, -0.05) is 6.42 Å². The minimum atomic E-state index is -0.00129. The van der Waals surface area contributed by atoms with Crippen LogP contribution in [0.2, 0.25) is 0 Å². The van der Waals surface area contributed by atoms with Gasteiger partial charge in [0.15, 0.2) is 0 Å². The molecule has 1 saturated carbocycles. The van der Waals surface area contributed by atoms with Crippen molar-refractivity contribution in [2.75, 3.05) is 12.0 Å². The predicted octanol–water partition coefficient (Wildman–Crippen LogP) is 3.15. The van der Waals surface area contributed by atoms with Crippen molar-refractivity contribution in [1.29, 1.82) is 0 Å². The number of amides is 1. The van der Waals surface area contributed by atoms with Crippen LogP contribution in [0.25, 0.3) is 10.9 Å². The molecule has 4 N–H and O–H groups in total. The topological polar surface area (TPSA) is 70.9 Å². The van der Waals surface area contributed by atoms with Crippen LogP contribution in [0.15, 0.2) is 24.4 Å². The maximum Gasteiger partial charge on any atom is 0.253 e. The summed E-state index contributed by atoms with van der Waals surface area (Å²) in [5.74, 6) is -0.00129. The number of benzene rings is 1. The molecular weight excluding hydrogens is 282 g/mol. The number of nitrogen functional groups attached to an aromatic ring is 1. The van der Waals surface area contributed by atoms with E-state index in [4.69, 9.17) is 5.73 Å². The van der Waals surface area contributed by atoms with E-state index in [9.17, 15) is 4.79 Å². The van der Waals surface area contributed by atoms with Crippen molar-refractivity contribution in [3.05, 3.63) is 30.0 Å². The minimum absolute atomic E-state index is 0.00129. The lowest BCUT2D eigenvalue weighted by molar-refractivity contribution is 0.0930. The number of hydrogen-bond donors (Lipinski definition) is 3. The van der Waals surface area contributed by atoms with E-state index in [1.54, 1.807) is 6.20 Å². The van der Waals surface area contributed by atoms with E-state index in [1.165, 1.54) is 12.8 Å². The quantitative estimate of drug-likeness (QED) is 0.763. The van der Waals surface area contributed by atoms with Crippen LogP contribution in [0, 0.1) is 0 Å². The molecule has 1 heterocycles. The van der Waals surface area contributed by atoms with Crippen LogP contribution in [-0.4, -0.2) is 28.4 Å². The summed E-state index contributed by atoms with van der Waals surface area (Å²) in [5.41, 5.74) is 8.13. The van der Waals surface area contributed by atoms with Gasteiger partial charge in [-0.15, -0.1) is 0 Å². The Labute approximate surface area is 128 Å². The number of carbonyl (C=O) groups excluding carboxylic acids is 1. The van der Waals surface area contributed by atoms with Gasteiger partial charge in [0.25, 0.3) is 5.91 Å². The molecule has 0 bridgehead atoms. The highest BCUT2D eigenvalue weighted by Crippen LogP contribution is 2.27. The molecule has 112 valence electrons. The van der Waals surface area contributed by atoms with E-state index in [-0.39, 0.29) is 11.9 Å². The molecule has 2 aromatic rings. The van der Waals surface area contributed by atoms with Crippen molar-refractivity contribution in [3.8, 4) is 0 Å². The van der Waals surface area contributed by atoms with Crippen LogP contribution in [0.3, 0.4) is 0 Å². The summed E-state index contributed by atoms with van der Waals surface area (Å²) >= 11 is 1.90. The van der Waals surface area contributed by atoms with E-state index in [0.29, 0.717) is 16.5 Å². The van der Waals surface area contributed by atoms with Gasteiger partial charge in [0.1, 0.15) is 0 Å². The standard InChI is InChI=1S/C16H21N3OS/c1-21-12-4-2-3-11(8-12)19-16(20)14-9-18-15-6-5-10(17)7-13(14)15/h5-7,9,11-12,18H,2-4,8,17H2,1H3,(H,19,20). The third-order valence-electron chi connectivity index (χ3n) is 4.25. The van der Waals surface area contributed by atoms with Crippen molar-refractivity contribution in [2.24, 2.45) is 0 Å². The number of rotatable bonds is 3. The molecule has 21 heavy (non-hydrogen) atoms. The van der Waals surface area contributed by atoms with Crippen LogP contribution in [0.4, 0.5) is 5.69 Å². The number of hydrogen-bond acceptors (Lipinski definition) is 3. The van der Waals surface area contributed by atoms with Crippen LogP contribution < -0.4 is 11.1 Å². The average molecular weight is 303 g/mol. The summed E-state index contributed by atoms with van der Waals surface area (Å²) in [7, 11) is 0. The molecule has 1 aromatic carbocycles. The largest absolute Gasteiger partial charge is 0.399 e. The second-order valence-electron chi connectivity index (χ2n) is 5.70. The number of carbonyl (C=O) groups is 1. The molecular formula is C16H21N3OS. The minimum Gasteiger partial charge on any atom is -0.399 e. The Morgan fingerprint density at radius 1 is 1.43 bits per heavy atom. The Morgan fingerprint density at radius 2 is 2.29 bits per heavy atom. The first-order valence-corrected chi connectivity index (χ1v) is 8.66. The number of nitrogens with two attached hydrogens (primary N) is 1. The smallest absolute Gasteiger partial charge is 0.253 e. The van der Waals surface area contributed by atoms with Gasteiger partial charge in [-0.2, -0.15) is 11.8 Å². The predicted molar refractivity (Wildman–Crippen MR) is 89.7 cm³/mol. The summed E-state index contributed by atoms with van der Waals surface area (Å²) < 4.78 is 0. The summed E-state index contributed by atoms with van der Waals surface area (Å²) in [6.07, 6.45) is 8.52. The molecule has 0 radical (unpaired) electrons. The second kappa shape index (κ2) is 6.02. The molecule has 4 nitrogen and oxygen atoms in total. The summed E-state index contributed by atoms with van der Waals surface area (Å²) in [4.78, 5) is 15.6. The highest BCUT2D eigenvalue weighted by molar-refractivity contribution is 7.99. The molecule has 0 aliphatic heterocycles. The number of aromatic nitrogens is 1. The van der Waals surface area contributed by atoms with E-state index in [2.05, 4.69) is 16.6 Å². The van der Waals surface area contributed by atoms with Gasteiger partial charge < -0.3 is 16.0 Å². The average Bonchev–Trinajstić information content (AvgIpc) is 2.90. The Bertz CT molecular complexity index is 652. The number of H-pyrrole nitrogens is 1. The van der Waals surface area contributed by atoms with E-state index in [0.717, 1.165) is 23.7 Å². The van der Waals surface area contributed by atoms with Crippen molar-refractivity contribution < 1.29 is 4.79 Å². The monoisotopic (exact) mass is 303 g/mol. The van der Waals surface area contributed by atoms with E-state index >= 15 is 0 Å². The normalized spacial score (nSPS) is 22.3. The van der Waals surface area contributed by atoms with Gasteiger partial charge >= 0.3 is 0 Å². The van der Waals surface area contributed by atoms with Crippen LogP contribution in [0.5, 0.6) is 0 Å². The van der Waals surface area contributed by atoms with Crippen LogP contribution in [0.1, 0.15) is 36.0 Å². The Balaban J connectivity index is 1.76. The first-order chi connectivity index (χ1) is 10.2. The molecule has 2 unspecified atom stereocenters. The molecule has 0 spiro atoms. The second-order valence-corrected chi connectivity index (χ2v) is 6.84. The summed E-state index contributed by atoms with van der Waals surface area (Å²) in [5, 5.41) is 4.75. The zero-order chi connectivity index (χ0) is 14.8. The highest BCUT2D eigenvalue weighted by Gasteiger charge is 2.23. The highest BCUT2D eigenvalue weighted by atomic mass is 32.2. The molecule has 1 aromatic heterocycles. The molecule has 2 atom stereocenters. The van der Waals surface area contributed by atoms with Gasteiger partial charge in [0.05, 0.1) is 5.56 Å². The summed E-state index contributed by atoms with van der Waals surface area (Å²) in [6.45, 7) is 0. The third-order valence-corrected chi connectivity index (χ3v) is 5.34. The van der Waals surface area contributed by atoms with E-state index in [1.807, 2.05) is 30.0 Å². The Morgan fingerprint density at radius 3 is 3.10 bits per heavy atom. The van der Waals surface area contributed by atoms with Gasteiger partial charge in [-0.3, -0.25) is 4.79 Å². The van der Waals surface area contributed by atoms with Crippen LogP contribution >= 0.6 is 11.8 Å². The lowest BCUT2D eigenvalue weighted by Crippen LogP contribution is -2.39. The number of aromatic amines is 1. The fourth-order valence-corrected chi connectivity index (χ4v) is 3.91.